The molecule has 0 aliphatic carbocycles. The Hall–Kier alpha value is -1.87. The maximum atomic E-state index is 8.86. The van der Waals surface area contributed by atoms with E-state index in [4.69, 9.17) is 5.26 Å². The summed E-state index contributed by atoms with van der Waals surface area (Å²) >= 11 is 1.68. The Kier molecular flexibility index (Phi) is 3.97. The third-order valence-corrected chi connectivity index (χ3v) is 4.42. The van der Waals surface area contributed by atoms with Gasteiger partial charge in [-0.1, -0.05) is 18.2 Å². The zero-order valence-electron chi connectivity index (χ0n) is 11.1. The summed E-state index contributed by atoms with van der Waals surface area (Å²) in [6, 6.07) is 5.83. The van der Waals surface area contributed by atoms with Crippen molar-refractivity contribution in [2.75, 3.05) is 0 Å². The molecule has 0 saturated heterocycles. The number of aromatic nitrogens is 4. The van der Waals surface area contributed by atoms with Crippen molar-refractivity contribution in [2.45, 2.75) is 43.1 Å². The minimum atomic E-state index is 0.461. The Labute approximate surface area is 122 Å². The third-order valence-electron chi connectivity index (χ3n) is 3.38. The molecule has 1 aliphatic heterocycles. The molecule has 6 heteroatoms. The van der Waals surface area contributed by atoms with E-state index < -0.39 is 0 Å². The number of thioether (sulfide) groups is 1. The van der Waals surface area contributed by atoms with Gasteiger partial charge in [-0.05, 0) is 30.5 Å². The maximum absolute atomic E-state index is 8.86. The lowest BCUT2D eigenvalue weighted by Crippen LogP contribution is -2.02. The van der Waals surface area contributed by atoms with Crippen molar-refractivity contribution in [3.8, 4) is 6.07 Å². The Morgan fingerprint density at radius 2 is 2.25 bits per heavy atom. The van der Waals surface area contributed by atoms with Crippen LogP contribution in [-0.2, 0) is 18.7 Å². The predicted molar refractivity (Wildman–Crippen MR) is 76.1 cm³/mol. The second-order valence-corrected chi connectivity index (χ2v) is 5.75. The molecule has 0 atom stereocenters. The SMILES string of the molecule is N#Cc1cc(CSc2nnc3n2CCCCC3)ccn1. The lowest BCUT2D eigenvalue weighted by Gasteiger charge is -2.06. The number of fused-ring (bicyclic) bond motifs is 1. The van der Waals surface area contributed by atoms with Gasteiger partial charge in [-0.25, -0.2) is 4.98 Å². The van der Waals surface area contributed by atoms with Gasteiger partial charge < -0.3 is 4.57 Å². The molecule has 0 radical (unpaired) electrons. The summed E-state index contributed by atoms with van der Waals surface area (Å²) in [6.45, 7) is 1.02. The van der Waals surface area contributed by atoms with Crippen LogP contribution in [0.5, 0.6) is 0 Å². The number of nitrogens with zero attached hydrogens (tertiary/aromatic N) is 5. The minimum absolute atomic E-state index is 0.461. The average Bonchev–Trinajstić information content (AvgIpc) is 2.72. The Balaban J connectivity index is 1.72. The van der Waals surface area contributed by atoms with Gasteiger partial charge in [-0.3, -0.25) is 0 Å². The summed E-state index contributed by atoms with van der Waals surface area (Å²) in [5, 5.41) is 18.4. The number of aryl methyl sites for hydroxylation is 1. The number of nitriles is 1. The second-order valence-electron chi connectivity index (χ2n) is 4.81. The molecule has 3 heterocycles. The van der Waals surface area contributed by atoms with Crippen molar-refractivity contribution in [1.82, 2.24) is 19.7 Å². The molecule has 102 valence electrons. The van der Waals surface area contributed by atoms with Crippen molar-refractivity contribution in [1.29, 1.82) is 5.26 Å². The fourth-order valence-electron chi connectivity index (χ4n) is 2.34. The van der Waals surface area contributed by atoms with E-state index >= 15 is 0 Å². The van der Waals surface area contributed by atoms with E-state index in [1.165, 1.54) is 19.3 Å². The monoisotopic (exact) mass is 285 g/mol. The summed E-state index contributed by atoms with van der Waals surface area (Å²) in [5.41, 5.74) is 1.55. The maximum Gasteiger partial charge on any atom is 0.191 e. The van der Waals surface area contributed by atoms with Gasteiger partial charge in [0.15, 0.2) is 5.16 Å². The van der Waals surface area contributed by atoms with Crippen molar-refractivity contribution in [3.05, 3.63) is 35.4 Å². The average molecular weight is 285 g/mol. The number of rotatable bonds is 3. The lowest BCUT2D eigenvalue weighted by molar-refractivity contribution is 0.591. The van der Waals surface area contributed by atoms with E-state index in [0.29, 0.717) is 5.69 Å². The van der Waals surface area contributed by atoms with E-state index in [2.05, 4.69) is 25.8 Å². The molecule has 20 heavy (non-hydrogen) atoms. The van der Waals surface area contributed by atoms with Crippen LogP contribution in [0.3, 0.4) is 0 Å². The van der Waals surface area contributed by atoms with Gasteiger partial charge in [0, 0.05) is 24.9 Å². The predicted octanol–water partition coefficient (Wildman–Crippen LogP) is 2.56. The van der Waals surface area contributed by atoms with Gasteiger partial charge in [0.2, 0.25) is 0 Å². The van der Waals surface area contributed by atoms with Crippen LogP contribution in [-0.4, -0.2) is 19.7 Å². The van der Waals surface area contributed by atoms with E-state index in [1.807, 2.05) is 12.1 Å². The number of hydrogen-bond donors (Lipinski definition) is 0. The van der Waals surface area contributed by atoms with Crippen molar-refractivity contribution < 1.29 is 0 Å². The molecule has 1 aliphatic rings. The van der Waals surface area contributed by atoms with Crippen LogP contribution in [0.25, 0.3) is 0 Å². The summed E-state index contributed by atoms with van der Waals surface area (Å²) in [5.74, 6) is 1.90. The van der Waals surface area contributed by atoms with Crippen LogP contribution < -0.4 is 0 Å². The minimum Gasteiger partial charge on any atom is -0.306 e. The molecular formula is C14H15N5S. The molecule has 3 rings (SSSR count). The highest BCUT2D eigenvalue weighted by Gasteiger charge is 2.14. The van der Waals surface area contributed by atoms with Gasteiger partial charge in [0.05, 0.1) is 0 Å². The smallest absolute Gasteiger partial charge is 0.191 e. The van der Waals surface area contributed by atoms with Gasteiger partial charge >= 0.3 is 0 Å². The summed E-state index contributed by atoms with van der Waals surface area (Å²) in [7, 11) is 0. The molecule has 0 bridgehead atoms. The van der Waals surface area contributed by atoms with Crippen LogP contribution in [0.2, 0.25) is 0 Å². The van der Waals surface area contributed by atoms with Gasteiger partial charge in [-0.15, -0.1) is 10.2 Å². The summed E-state index contributed by atoms with van der Waals surface area (Å²) < 4.78 is 2.24. The Morgan fingerprint density at radius 1 is 1.30 bits per heavy atom. The van der Waals surface area contributed by atoms with Crippen LogP contribution in [0.4, 0.5) is 0 Å². The molecule has 2 aromatic rings. The highest BCUT2D eigenvalue weighted by atomic mass is 32.2. The number of hydrogen-bond acceptors (Lipinski definition) is 5. The zero-order chi connectivity index (χ0) is 13.8. The molecule has 0 amide bonds. The Morgan fingerprint density at radius 3 is 3.15 bits per heavy atom. The van der Waals surface area contributed by atoms with Gasteiger partial charge in [0.1, 0.15) is 17.6 Å². The fourth-order valence-corrected chi connectivity index (χ4v) is 3.26. The summed E-state index contributed by atoms with van der Waals surface area (Å²) in [6.07, 6.45) is 6.38. The van der Waals surface area contributed by atoms with E-state index in [1.54, 1.807) is 18.0 Å². The quantitative estimate of drug-likeness (QED) is 0.811. The molecule has 5 nitrogen and oxygen atoms in total. The molecule has 0 unspecified atom stereocenters. The highest BCUT2D eigenvalue weighted by molar-refractivity contribution is 7.98. The third kappa shape index (κ3) is 2.83. The standard InChI is InChI=1S/C14H15N5S/c15-9-12-8-11(5-6-16-12)10-20-14-18-17-13-4-2-1-3-7-19(13)14/h5-6,8H,1-4,7,10H2. The molecule has 0 saturated carbocycles. The van der Waals surface area contributed by atoms with Crippen molar-refractivity contribution in [3.63, 3.8) is 0 Å². The molecule has 0 N–H and O–H groups in total. The first-order chi connectivity index (χ1) is 9.86. The zero-order valence-corrected chi connectivity index (χ0v) is 11.9. The van der Waals surface area contributed by atoms with Crippen LogP contribution in [0.1, 0.15) is 36.3 Å². The normalized spacial score (nSPS) is 14.3. The summed E-state index contributed by atoms with van der Waals surface area (Å²) in [4.78, 5) is 3.98. The first kappa shape index (κ1) is 13.1. The molecule has 0 aromatic carbocycles. The van der Waals surface area contributed by atoms with E-state index in [-0.39, 0.29) is 0 Å². The lowest BCUT2D eigenvalue weighted by atomic mass is 10.2. The second kappa shape index (κ2) is 6.06. The highest BCUT2D eigenvalue weighted by Crippen LogP contribution is 2.24. The van der Waals surface area contributed by atoms with Crippen LogP contribution in [0, 0.1) is 11.3 Å². The molecule has 2 aromatic heterocycles. The fraction of sp³-hybridized carbons (Fsp3) is 0.429. The van der Waals surface area contributed by atoms with E-state index in [9.17, 15) is 0 Å². The molecule has 0 fully saturated rings. The van der Waals surface area contributed by atoms with Crippen LogP contribution >= 0.6 is 11.8 Å². The van der Waals surface area contributed by atoms with Crippen molar-refractivity contribution >= 4 is 11.8 Å². The first-order valence-electron chi connectivity index (χ1n) is 6.77. The number of pyridine rings is 1. The van der Waals surface area contributed by atoms with Gasteiger partial charge in [-0.2, -0.15) is 5.26 Å². The largest absolute Gasteiger partial charge is 0.306 e. The van der Waals surface area contributed by atoms with E-state index in [0.717, 1.165) is 35.3 Å². The Bertz CT molecular complexity index is 643. The first-order valence-corrected chi connectivity index (χ1v) is 7.75. The molecular weight excluding hydrogens is 270 g/mol. The topological polar surface area (TPSA) is 67.4 Å². The molecule has 0 spiro atoms. The van der Waals surface area contributed by atoms with Crippen molar-refractivity contribution in [2.24, 2.45) is 0 Å². The van der Waals surface area contributed by atoms with Gasteiger partial charge in [0.25, 0.3) is 0 Å². The van der Waals surface area contributed by atoms with Crippen LogP contribution in [0.15, 0.2) is 23.5 Å².